The number of ether oxygens (including phenoxy) is 1. The van der Waals surface area contributed by atoms with Crippen molar-refractivity contribution in [2.45, 2.75) is 44.8 Å². The molecule has 0 radical (unpaired) electrons. The normalized spacial score (nSPS) is 13.4. The molecule has 0 fully saturated rings. The first-order valence-corrected chi connectivity index (χ1v) is 6.38. The van der Waals surface area contributed by atoms with Crippen LogP contribution in [0.2, 0.25) is 0 Å². The van der Waals surface area contributed by atoms with Crippen molar-refractivity contribution in [3.05, 3.63) is 29.3 Å². The van der Waals surface area contributed by atoms with Gasteiger partial charge in [0.05, 0.1) is 12.7 Å². The number of hydrogen-bond acceptors (Lipinski definition) is 2. The lowest BCUT2D eigenvalue weighted by Gasteiger charge is -2.13. The number of hydrogen-bond donors (Lipinski definition) is 1. The Hall–Kier alpha value is -1.23. The number of rotatable bonds is 6. The fourth-order valence-electron chi connectivity index (χ4n) is 1.91. The van der Waals surface area contributed by atoms with Gasteiger partial charge in [-0.05, 0) is 49.4 Å². The van der Waals surface area contributed by atoms with Crippen molar-refractivity contribution in [3.8, 4) is 5.75 Å². The molecule has 108 valence electrons. The highest BCUT2D eigenvalue weighted by atomic mass is 19.4. The molecule has 0 bridgehead atoms. The molecule has 0 saturated heterocycles. The number of alkyl halides is 3. The highest BCUT2D eigenvalue weighted by Gasteiger charge is 2.31. The molecule has 0 aliphatic heterocycles. The minimum absolute atomic E-state index is 0.108. The second-order valence-corrected chi connectivity index (χ2v) is 4.58. The van der Waals surface area contributed by atoms with E-state index in [-0.39, 0.29) is 6.04 Å². The Morgan fingerprint density at radius 2 is 2.00 bits per heavy atom. The Bertz CT molecular complexity index is 404. The molecule has 1 aromatic rings. The summed E-state index contributed by atoms with van der Waals surface area (Å²) in [7, 11) is 1.46. The van der Waals surface area contributed by atoms with Crippen LogP contribution in [0.15, 0.2) is 18.2 Å². The average molecular weight is 275 g/mol. The maximum absolute atomic E-state index is 12.6. The van der Waals surface area contributed by atoms with E-state index >= 15 is 0 Å². The highest BCUT2D eigenvalue weighted by molar-refractivity contribution is 5.38. The Labute approximate surface area is 111 Å². The zero-order valence-electron chi connectivity index (χ0n) is 11.3. The Morgan fingerprint density at radius 1 is 1.32 bits per heavy atom. The lowest BCUT2D eigenvalue weighted by atomic mass is 10.0. The summed E-state index contributed by atoms with van der Waals surface area (Å²) in [6, 6.07) is 3.69. The van der Waals surface area contributed by atoms with E-state index in [9.17, 15) is 13.2 Å². The summed E-state index contributed by atoms with van der Waals surface area (Å²) in [5, 5.41) is 0. The summed E-state index contributed by atoms with van der Waals surface area (Å²) in [5.74, 6) is 0.498. The molecule has 0 aliphatic rings. The van der Waals surface area contributed by atoms with Crippen LogP contribution in [0.3, 0.4) is 0 Å². The van der Waals surface area contributed by atoms with Gasteiger partial charge in [-0.2, -0.15) is 13.2 Å². The molecule has 0 amide bonds. The first-order chi connectivity index (χ1) is 8.88. The molecule has 0 heterocycles. The van der Waals surface area contributed by atoms with Crippen LogP contribution in [0, 0.1) is 0 Å². The number of methoxy groups -OCH3 is 1. The van der Waals surface area contributed by atoms with E-state index in [1.807, 2.05) is 6.92 Å². The van der Waals surface area contributed by atoms with Crippen molar-refractivity contribution in [1.29, 1.82) is 0 Å². The summed E-state index contributed by atoms with van der Waals surface area (Å²) in [6.07, 6.45) is -1.34. The summed E-state index contributed by atoms with van der Waals surface area (Å²) in [5.41, 5.74) is 5.74. The van der Waals surface area contributed by atoms with Crippen molar-refractivity contribution in [2.75, 3.05) is 7.11 Å². The molecule has 0 aromatic heterocycles. The molecule has 19 heavy (non-hydrogen) atoms. The number of nitrogens with two attached hydrogens (primary N) is 1. The summed E-state index contributed by atoms with van der Waals surface area (Å²) in [6.45, 7) is 2.00. The van der Waals surface area contributed by atoms with Crippen LogP contribution in [0.25, 0.3) is 0 Å². The van der Waals surface area contributed by atoms with Crippen molar-refractivity contribution in [3.63, 3.8) is 0 Å². The van der Waals surface area contributed by atoms with Crippen molar-refractivity contribution in [1.82, 2.24) is 0 Å². The van der Waals surface area contributed by atoms with Crippen LogP contribution >= 0.6 is 0 Å². The summed E-state index contributed by atoms with van der Waals surface area (Å²) < 4.78 is 43.0. The van der Waals surface area contributed by atoms with E-state index in [2.05, 4.69) is 0 Å². The molecule has 1 unspecified atom stereocenters. The van der Waals surface area contributed by atoms with Gasteiger partial charge in [-0.15, -0.1) is 0 Å². The third-order valence-electron chi connectivity index (χ3n) is 3.15. The summed E-state index contributed by atoms with van der Waals surface area (Å²) in [4.78, 5) is 0. The lowest BCUT2D eigenvalue weighted by Crippen LogP contribution is -2.18. The number of benzene rings is 1. The molecule has 0 spiro atoms. The topological polar surface area (TPSA) is 35.2 Å². The molecular formula is C14H20F3NO. The largest absolute Gasteiger partial charge is 0.496 e. The molecule has 1 rings (SSSR count). The van der Waals surface area contributed by atoms with Gasteiger partial charge in [0.25, 0.3) is 0 Å². The van der Waals surface area contributed by atoms with Gasteiger partial charge in [0, 0.05) is 6.04 Å². The molecule has 1 atom stereocenters. The second-order valence-electron chi connectivity index (χ2n) is 4.58. The van der Waals surface area contributed by atoms with Gasteiger partial charge in [-0.1, -0.05) is 6.92 Å². The minimum atomic E-state index is -4.32. The first kappa shape index (κ1) is 15.8. The Balaban J connectivity index is 2.79. The Morgan fingerprint density at radius 3 is 2.53 bits per heavy atom. The second kappa shape index (κ2) is 6.80. The van der Waals surface area contributed by atoms with Crippen LogP contribution in [0.5, 0.6) is 5.75 Å². The highest BCUT2D eigenvalue weighted by Crippen LogP contribution is 2.33. The van der Waals surface area contributed by atoms with Crippen LogP contribution < -0.4 is 10.5 Å². The zero-order chi connectivity index (χ0) is 14.5. The van der Waals surface area contributed by atoms with Gasteiger partial charge >= 0.3 is 6.18 Å². The molecule has 0 aliphatic carbocycles. The average Bonchev–Trinajstić information content (AvgIpc) is 2.37. The van der Waals surface area contributed by atoms with Gasteiger partial charge in [0.2, 0.25) is 0 Å². The third-order valence-corrected chi connectivity index (χ3v) is 3.15. The van der Waals surface area contributed by atoms with Gasteiger partial charge < -0.3 is 10.5 Å². The molecular weight excluding hydrogens is 255 g/mol. The fraction of sp³-hybridized carbons (Fsp3) is 0.571. The number of halogens is 3. The lowest BCUT2D eigenvalue weighted by molar-refractivity contribution is -0.137. The van der Waals surface area contributed by atoms with Gasteiger partial charge in [-0.25, -0.2) is 0 Å². The van der Waals surface area contributed by atoms with Crippen molar-refractivity contribution in [2.24, 2.45) is 5.73 Å². The predicted octanol–water partition coefficient (Wildman–Crippen LogP) is 3.77. The van der Waals surface area contributed by atoms with Crippen LogP contribution in [-0.2, 0) is 12.6 Å². The van der Waals surface area contributed by atoms with Crippen LogP contribution in [0.1, 0.15) is 37.3 Å². The van der Waals surface area contributed by atoms with E-state index in [1.165, 1.54) is 13.2 Å². The minimum Gasteiger partial charge on any atom is -0.496 e. The first-order valence-electron chi connectivity index (χ1n) is 6.38. The van der Waals surface area contributed by atoms with Gasteiger partial charge in [0.1, 0.15) is 5.75 Å². The zero-order valence-corrected chi connectivity index (χ0v) is 11.3. The van der Waals surface area contributed by atoms with E-state index < -0.39 is 11.7 Å². The van der Waals surface area contributed by atoms with Crippen LogP contribution in [-0.4, -0.2) is 13.2 Å². The van der Waals surface area contributed by atoms with Crippen molar-refractivity contribution < 1.29 is 17.9 Å². The third kappa shape index (κ3) is 4.74. The quantitative estimate of drug-likeness (QED) is 0.857. The predicted molar refractivity (Wildman–Crippen MR) is 69.2 cm³/mol. The monoisotopic (exact) mass is 275 g/mol. The summed E-state index contributed by atoms with van der Waals surface area (Å²) >= 11 is 0. The van der Waals surface area contributed by atoms with Crippen molar-refractivity contribution >= 4 is 0 Å². The SMILES string of the molecule is CCC(N)CCCc1cc(C(F)(F)F)ccc1OC. The number of aryl methyl sites for hydroxylation is 1. The maximum Gasteiger partial charge on any atom is 0.416 e. The van der Waals surface area contributed by atoms with E-state index in [1.54, 1.807) is 0 Å². The molecule has 2 N–H and O–H groups in total. The molecule has 5 heteroatoms. The standard InChI is InChI=1S/C14H20F3NO/c1-3-12(18)6-4-5-10-9-11(14(15,16)17)7-8-13(10)19-2/h7-9,12H,3-6,18H2,1-2H3. The van der Waals surface area contributed by atoms with E-state index in [4.69, 9.17) is 10.5 Å². The maximum atomic E-state index is 12.6. The van der Waals surface area contributed by atoms with E-state index in [0.717, 1.165) is 31.4 Å². The molecule has 1 aromatic carbocycles. The smallest absolute Gasteiger partial charge is 0.416 e. The Kier molecular flexibility index (Phi) is 5.66. The van der Waals surface area contributed by atoms with E-state index in [0.29, 0.717) is 17.7 Å². The molecule has 2 nitrogen and oxygen atoms in total. The fourth-order valence-corrected chi connectivity index (χ4v) is 1.91. The van der Waals surface area contributed by atoms with Gasteiger partial charge in [0.15, 0.2) is 0 Å². The van der Waals surface area contributed by atoms with Crippen LogP contribution in [0.4, 0.5) is 13.2 Å². The molecule has 0 saturated carbocycles. The van der Waals surface area contributed by atoms with Gasteiger partial charge in [-0.3, -0.25) is 0 Å².